The Labute approximate surface area is 145 Å². The number of carbonyl (C=O) groups is 1. The number of urea groups is 1. The lowest BCUT2D eigenvalue weighted by molar-refractivity contribution is 0.157. The minimum Gasteiger partial charge on any atom is -0.335 e. The van der Waals surface area contributed by atoms with E-state index < -0.39 is 0 Å². The van der Waals surface area contributed by atoms with Crippen LogP contribution in [-0.4, -0.2) is 39.8 Å². The average Bonchev–Trinajstić information content (AvgIpc) is 2.85. The van der Waals surface area contributed by atoms with Crippen LogP contribution in [0.15, 0.2) is 12.4 Å². The Hall–Kier alpha value is -1.52. The second kappa shape index (κ2) is 7.58. The van der Waals surface area contributed by atoms with Crippen LogP contribution in [0.1, 0.15) is 63.9 Å². The molecule has 0 radical (unpaired) electrons. The molecule has 134 valence electrons. The molecule has 0 unspecified atom stereocenters. The van der Waals surface area contributed by atoms with Gasteiger partial charge in [-0.25, -0.2) is 4.79 Å². The van der Waals surface area contributed by atoms with Gasteiger partial charge < -0.3 is 10.2 Å². The number of likely N-dealkylation sites (tertiary alicyclic amines) is 1. The van der Waals surface area contributed by atoms with Crippen LogP contribution >= 0.6 is 0 Å². The van der Waals surface area contributed by atoms with Crippen molar-refractivity contribution in [3.8, 4) is 0 Å². The molecule has 1 aromatic rings. The Morgan fingerprint density at radius 2 is 1.96 bits per heavy atom. The van der Waals surface area contributed by atoms with Gasteiger partial charge >= 0.3 is 6.03 Å². The first-order chi connectivity index (χ1) is 11.6. The molecule has 5 nitrogen and oxygen atoms in total. The number of aromatic nitrogens is 2. The molecule has 1 aromatic heterocycles. The molecule has 1 N–H and O–H groups in total. The van der Waals surface area contributed by atoms with Crippen molar-refractivity contribution in [2.45, 2.75) is 70.8 Å². The third-order valence-electron chi connectivity index (χ3n) is 5.92. The first-order valence-corrected chi connectivity index (χ1v) is 9.59. The number of nitrogens with one attached hydrogen (secondary N) is 1. The average molecular weight is 332 g/mol. The second-order valence-electron chi connectivity index (χ2n) is 7.98. The number of hydrogen-bond acceptors (Lipinski definition) is 2. The second-order valence-corrected chi connectivity index (χ2v) is 7.98. The summed E-state index contributed by atoms with van der Waals surface area (Å²) in [5.41, 5.74) is 1.71. The zero-order valence-corrected chi connectivity index (χ0v) is 15.3. The van der Waals surface area contributed by atoms with E-state index in [9.17, 15) is 4.79 Å². The van der Waals surface area contributed by atoms with Crippen molar-refractivity contribution in [2.75, 3.05) is 13.1 Å². The van der Waals surface area contributed by atoms with Gasteiger partial charge in [0, 0.05) is 32.4 Å². The molecule has 1 aliphatic heterocycles. The Morgan fingerprint density at radius 1 is 1.21 bits per heavy atom. The minimum atomic E-state index is 0.110. The molecule has 2 heterocycles. The van der Waals surface area contributed by atoms with Gasteiger partial charge in [-0.1, -0.05) is 19.3 Å². The van der Waals surface area contributed by atoms with Crippen molar-refractivity contribution in [2.24, 2.45) is 12.5 Å². The van der Waals surface area contributed by atoms with Gasteiger partial charge in [0.1, 0.15) is 0 Å². The summed E-state index contributed by atoms with van der Waals surface area (Å²) in [6.07, 6.45) is 15.3. The quantitative estimate of drug-likeness (QED) is 0.921. The van der Waals surface area contributed by atoms with E-state index in [4.69, 9.17) is 0 Å². The molecule has 1 spiro atoms. The van der Waals surface area contributed by atoms with Crippen LogP contribution in [0.5, 0.6) is 0 Å². The van der Waals surface area contributed by atoms with E-state index >= 15 is 0 Å². The maximum atomic E-state index is 12.6. The van der Waals surface area contributed by atoms with Gasteiger partial charge in [0.25, 0.3) is 0 Å². The Kier molecular flexibility index (Phi) is 5.47. The number of carbonyl (C=O) groups excluding carboxylic acids is 1. The number of aryl methyl sites for hydroxylation is 1. The summed E-state index contributed by atoms with van der Waals surface area (Å²) in [5, 5.41) is 7.37. The van der Waals surface area contributed by atoms with E-state index in [1.807, 2.05) is 29.0 Å². The summed E-state index contributed by atoms with van der Waals surface area (Å²) < 4.78 is 1.81. The van der Waals surface area contributed by atoms with Crippen LogP contribution in [0, 0.1) is 5.41 Å². The van der Waals surface area contributed by atoms with Crippen molar-refractivity contribution in [1.82, 2.24) is 20.0 Å². The van der Waals surface area contributed by atoms with Crippen molar-refractivity contribution in [3.63, 3.8) is 0 Å². The lowest BCUT2D eigenvalue weighted by Gasteiger charge is -2.36. The van der Waals surface area contributed by atoms with Crippen LogP contribution in [0.25, 0.3) is 0 Å². The zero-order valence-electron chi connectivity index (χ0n) is 15.3. The molecule has 2 amide bonds. The lowest BCUT2D eigenvalue weighted by atomic mass is 9.69. The standard InChI is InChI=1S/C19H32N4O/c1-16(13-17-14-20-22(2)15-17)21-18(24)23-11-6-9-19(10-12-23)7-4-3-5-8-19/h14-16H,3-13H2,1-2H3,(H,21,24)/t16-/m1/s1. The number of hydrogen-bond donors (Lipinski definition) is 1. The fraction of sp³-hybridized carbons (Fsp3) is 0.789. The molecule has 1 saturated carbocycles. The largest absolute Gasteiger partial charge is 0.335 e. The summed E-state index contributed by atoms with van der Waals surface area (Å²) >= 11 is 0. The highest BCUT2D eigenvalue weighted by Gasteiger charge is 2.34. The van der Waals surface area contributed by atoms with Crippen LogP contribution in [0.3, 0.4) is 0 Å². The number of rotatable bonds is 3. The van der Waals surface area contributed by atoms with Crippen molar-refractivity contribution in [3.05, 3.63) is 18.0 Å². The zero-order chi connectivity index (χ0) is 17.0. The molecular formula is C19H32N4O. The molecule has 2 aliphatic rings. The summed E-state index contributed by atoms with van der Waals surface area (Å²) in [6.45, 7) is 3.91. The van der Waals surface area contributed by atoms with E-state index in [-0.39, 0.29) is 12.1 Å². The highest BCUT2D eigenvalue weighted by Crippen LogP contribution is 2.44. The molecule has 24 heavy (non-hydrogen) atoms. The lowest BCUT2D eigenvalue weighted by Crippen LogP contribution is -2.45. The van der Waals surface area contributed by atoms with Crippen LogP contribution in [0.2, 0.25) is 0 Å². The smallest absolute Gasteiger partial charge is 0.317 e. The monoisotopic (exact) mass is 332 g/mol. The molecule has 1 atom stereocenters. The maximum absolute atomic E-state index is 12.6. The number of amides is 2. The maximum Gasteiger partial charge on any atom is 0.317 e. The van der Waals surface area contributed by atoms with Crippen LogP contribution in [-0.2, 0) is 13.5 Å². The SMILES string of the molecule is C[C@H](Cc1cnn(C)c1)NC(=O)N1CCCC2(CCCCC2)CC1. The van der Waals surface area contributed by atoms with Gasteiger partial charge in [0.2, 0.25) is 0 Å². The number of nitrogens with zero attached hydrogens (tertiary/aromatic N) is 3. The molecule has 2 fully saturated rings. The Morgan fingerprint density at radius 3 is 2.67 bits per heavy atom. The van der Waals surface area contributed by atoms with Gasteiger partial charge in [-0.15, -0.1) is 0 Å². The van der Waals surface area contributed by atoms with Crippen molar-refractivity contribution < 1.29 is 4.79 Å². The van der Waals surface area contributed by atoms with E-state index in [0.29, 0.717) is 5.41 Å². The first kappa shape index (κ1) is 17.3. The molecule has 3 rings (SSSR count). The summed E-state index contributed by atoms with van der Waals surface area (Å²) in [4.78, 5) is 14.7. The van der Waals surface area contributed by atoms with E-state index in [1.165, 1.54) is 50.5 Å². The molecule has 5 heteroatoms. The molecule has 1 aliphatic carbocycles. The topological polar surface area (TPSA) is 50.2 Å². The Bertz CT molecular complexity index is 547. The van der Waals surface area contributed by atoms with Gasteiger partial charge in [0.15, 0.2) is 0 Å². The molecule has 0 aromatic carbocycles. The third-order valence-corrected chi connectivity index (χ3v) is 5.92. The normalized spacial score (nSPS) is 22.2. The van der Waals surface area contributed by atoms with Crippen molar-refractivity contribution in [1.29, 1.82) is 0 Å². The fourth-order valence-electron chi connectivity index (χ4n) is 4.54. The highest BCUT2D eigenvalue weighted by molar-refractivity contribution is 5.74. The summed E-state index contributed by atoms with van der Waals surface area (Å²) in [5.74, 6) is 0. The van der Waals surface area contributed by atoms with Gasteiger partial charge in [-0.3, -0.25) is 4.68 Å². The molecule has 1 saturated heterocycles. The van der Waals surface area contributed by atoms with Crippen LogP contribution < -0.4 is 5.32 Å². The Balaban J connectivity index is 1.49. The highest BCUT2D eigenvalue weighted by atomic mass is 16.2. The first-order valence-electron chi connectivity index (χ1n) is 9.59. The van der Waals surface area contributed by atoms with E-state index in [0.717, 1.165) is 25.9 Å². The van der Waals surface area contributed by atoms with Crippen molar-refractivity contribution >= 4 is 6.03 Å². The van der Waals surface area contributed by atoms with Gasteiger partial charge in [-0.2, -0.15) is 5.10 Å². The fourth-order valence-corrected chi connectivity index (χ4v) is 4.54. The molecular weight excluding hydrogens is 300 g/mol. The summed E-state index contributed by atoms with van der Waals surface area (Å²) in [7, 11) is 1.92. The minimum absolute atomic E-state index is 0.110. The third kappa shape index (κ3) is 4.31. The predicted octanol–water partition coefficient (Wildman–Crippen LogP) is 3.50. The van der Waals surface area contributed by atoms with Gasteiger partial charge in [0.05, 0.1) is 6.20 Å². The van der Waals surface area contributed by atoms with E-state index in [2.05, 4.69) is 17.3 Å². The van der Waals surface area contributed by atoms with Gasteiger partial charge in [-0.05, 0) is 56.4 Å². The molecule has 0 bridgehead atoms. The van der Waals surface area contributed by atoms with E-state index in [1.54, 1.807) is 0 Å². The van der Waals surface area contributed by atoms with Crippen LogP contribution in [0.4, 0.5) is 4.79 Å². The summed E-state index contributed by atoms with van der Waals surface area (Å²) in [6, 6.07) is 0.243. The predicted molar refractivity (Wildman–Crippen MR) is 95.8 cm³/mol.